The Morgan fingerprint density at radius 1 is 1.00 bits per heavy atom. The molecule has 0 radical (unpaired) electrons. The number of hydrogen-bond acceptors (Lipinski definition) is 6. The third kappa shape index (κ3) is 5.14. The van der Waals surface area contributed by atoms with Crippen LogP contribution in [-0.2, 0) is 0 Å². The molecule has 0 unspecified atom stereocenters. The summed E-state index contributed by atoms with van der Waals surface area (Å²) in [5.41, 5.74) is 4.34. The summed E-state index contributed by atoms with van der Waals surface area (Å²) >= 11 is 3.32. The summed E-state index contributed by atoms with van der Waals surface area (Å²) in [7, 11) is 0. The summed E-state index contributed by atoms with van der Waals surface area (Å²) in [5, 5.41) is 10.8. The zero-order valence-electron chi connectivity index (χ0n) is 14.7. The number of nitro groups is 1. The van der Waals surface area contributed by atoms with Crippen molar-refractivity contribution < 1.29 is 19.2 Å². The molecular formula is C19H13BrN4O5. The van der Waals surface area contributed by atoms with Gasteiger partial charge in [0.05, 0.1) is 4.92 Å². The summed E-state index contributed by atoms with van der Waals surface area (Å²) < 4.78 is 6.51. The van der Waals surface area contributed by atoms with Crippen LogP contribution >= 0.6 is 15.9 Å². The predicted molar refractivity (Wildman–Crippen MR) is 106 cm³/mol. The van der Waals surface area contributed by atoms with Gasteiger partial charge < -0.3 is 4.74 Å². The van der Waals surface area contributed by atoms with Gasteiger partial charge in [-0.1, -0.05) is 22.0 Å². The van der Waals surface area contributed by atoms with Crippen LogP contribution in [0.5, 0.6) is 11.6 Å². The quantitative estimate of drug-likeness (QED) is 0.446. The number of pyridine rings is 1. The SMILES string of the molecule is O=C(NNC(=O)c1cccnc1Oc1ccc(Br)cc1)c1cccc([N+](=O)[O-])c1. The van der Waals surface area contributed by atoms with E-state index in [1.54, 1.807) is 30.3 Å². The largest absolute Gasteiger partial charge is 0.438 e. The van der Waals surface area contributed by atoms with Crippen LogP contribution in [0.25, 0.3) is 0 Å². The average Bonchev–Trinajstić information content (AvgIpc) is 2.74. The van der Waals surface area contributed by atoms with Crippen LogP contribution in [0.1, 0.15) is 20.7 Å². The van der Waals surface area contributed by atoms with E-state index in [-0.39, 0.29) is 22.7 Å². The lowest BCUT2D eigenvalue weighted by molar-refractivity contribution is -0.384. The molecule has 10 heteroatoms. The fraction of sp³-hybridized carbons (Fsp3) is 0. The van der Waals surface area contributed by atoms with Gasteiger partial charge in [-0.3, -0.25) is 30.6 Å². The normalized spacial score (nSPS) is 10.1. The molecule has 0 fully saturated rings. The summed E-state index contributed by atoms with van der Waals surface area (Å²) in [4.78, 5) is 38.9. The van der Waals surface area contributed by atoms with E-state index < -0.39 is 16.7 Å². The molecule has 1 heterocycles. The number of nitro benzene ring substituents is 1. The van der Waals surface area contributed by atoms with Crippen LogP contribution in [0.4, 0.5) is 5.69 Å². The van der Waals surface area contributed by atoms with E-state index in [0.29, 0.717) is 5.75 Å². The van der Waals surface area contributed by atoms with E-state index >= 15 is 0 Å². The van der Waals surface area contributed by atoms with Gasteiger partial charge >= 0.3 is 0 Å². The summed E-state index contributed by atoms with van der Waals surface area (Å²) in [6.07, 6.45) is 1.46. The molecule has 0 bridgehead atoms. The second-order valence-electron chi connectivity index (χ2n) is 5.63. The van der Waals surface area contributed by atoms with E-state index in [0.717, 1.165) is 10.5 Å². The van der Waals surface area contributed by atoms with Gasteiger partial charge in [-0.2, -0.15) is 0 Å². The molecule has 0 spiro atoms. The Morgan fingerprint density at radius 3 is 2.45 bits per heavy atom. The smallest absolute Gasteiger partial charge is 0.275 e. The minimum Gasteiger partial charge on any atom is -0.438 e. The molecule has 0 atom stereocenters. The van der Waals surface area contributed by atoms with Gasteiger partial charge in [-0.05, 0) is 42.5 Å². The minimum atomic E-state index is -0.707. The number of benzene rings is 2. The van der Waals surface area contributed by atoms with Crippen molar-refractivity contribution >= 4 is 33.4 Å². The number of hydrogen-bond donors (Lipinski definition) is 2. The van der Waals surface area contributed by atoms with Crippen LogP contribution in [-0.4, -0.2) is 21.7 Å². The molecule has 9 nitrogen and oxygen atoms in total. The maximum atomic E-state index is 12.5. The number of nitrogens with zero attached hydrogens (tertiary/aromatic N) is 2. The van der Waals surface area contributed by atoms with Crippen molar-refractivity contribution in [2.75, 3.05) is 0 Å². The fourth-order valence-corrected chi connectivity index (χ4v) is 2.54. The van der Waals surface area contributed by atoms with Crippen LogP contribution < -0.4 is 15.6 Å². The van der Waals surface area contributed by atoms with Gasteiger partial charge in [-0.25, -0.2) is 4.98 Å². The Hall–Kier alpha value is -3.79. The van der Waals surface area contributed by atoms with Crippen LogP contribution in [0.2, 0.25) is 0 Å². The number of amides is 2. The number of halogens is 1. The lowest BCUT2D eigenvalue weighted by Gasteiger charge is -2.11. The lowest BCUT2D eigenvalue weighted by atomic mass is 10.2. The van der Waals surface area contributed by atoms with E-state index in [4.69, 9.17) is 4.74 Å². The molecule has 3 rings (SSSR count). The number of nitrogens with one attached hydrogen (secondary N) is 2. The molecule has 2 amide bonds. The Balaban J connectivity index is 1.69. The molecule has 29 heavy (non-hydrogen) atoms. The van der Waals surface area contributed by atoms with Gasteiger partial charge in [0, 0.05) is 28.4 Å². The standard InChI is InChI=1S/C19H13BrN4O5/c20-13-6-8-15(9-7-13)29-19-16(5-2-10-21-19)18(26)23-22-17(25)12-3-1-4-14(11-12)24(27)28/h1-11H,(H,22,25)(H,23,26). The second-order valence-corrected chi connectivity index (χ2v) is 6.54. The van der Waals surface area contributed by atoms with Crippen LogP contribution in [0, 0.1) is 10.1 Å². The van der Waals surface area contributed by atoms with E-state index in [2.05, 4.69) is 31.8 Å². The van der Waals surface area contributed by atoms with Gasteiger partial charge in [0.25, 0.3) is 17.5 Å². The molecule has 146 valence electrons. The van der Waals surface area contributed by atoms with Crippen molar-refractivity contribution in [3.63, 3.8) is 0 Å². The maximum Gasteiger partial charge on any atom is 0.275 e. The fourth-order valence-electron chi connectivity index (χ4n) is 2.27. The van der Waals surface area contributed by atoms with Gasteiger partial charge in [0.1, 0.15) is 11.3 Å². The van der Waals surface area contributed by atoms with Crippen LogP contribution in [0.15, 0.2) is 71.3 Å². The minimum absolute atomic E-state index is 0.0250. The Morgan fingerprint density at radius 2 is 1.72 bits per heavy atom. The van der Waals surface area contributed by atoms with Crippen molar-refractivity contribution in [2.24, 2.45) is 0 Å². The first kappa shape index (κ1) is 20.0. The zero-order valence-corrected chi connectivity index (χ0v) is 16.3. The first-order valence-corrected chi connectivity index (χ1v) is 8.97. The van der Waals surface area contributed by atoms with Gasteiger partial charge in [0.2, 0.25) is 5.88 Å². The molecule has 0 aliphatic rings. The molecule has 3 aromatic rings. The number of ether oxygens (including phenoxy) is 1. The number of carbonyl (C=O) groups is 2. The van der Waals surface area contributed by atoms with E-state index in [9.17, 15) is 19.7 Å². The number of aromatic nitrogens is 1. The monoisotopic (exact) mass is 456 g/mol. The summed E-state index contributed by atoms with van der Waals surface area (Å²) in [5.74, 6) is -0.844. The number of hydrazine groups is 1. The highest BCUT2D eigenvalue weighted by Gasteiger charge is 2.16. The van der Waals surface area contributed by atoms with Gasteiger partial charge in [0.15, 0.2) is 0 Å². The number of rotatable bonds is 5. The summed E-state index contributed by atoms with van der Waals surface area (Å²) in [6.45, 7) is 0. The third-order valence-corrected chi connectivity index (χ3v) is 4.18. The highest BCUT2D eigenvalue weighted by atomic mass is 79.9. The molecule has 0 saturated heterocycles. The van der Waals surface area contributed by atoms with E-state index in [1.807, 2.05) is 0 Å². The first-order chi connectivity index (χ1) is 13.9. The first-order valence-electron chi connectivity index (χ1n) is 8.17. The molecule has 0 saturated carbocycles. The number of carbonyl (C=O) groups excluding carboxylic acids is 2. The Kier molecular flexibility index (Phi) is 6.15. The third-order valence-electron chi connectivity index (χ3n) is 3.65. The highest BCUT2D eigenvalue weighted by molar-refractivity contribution is 9.10. The Bertz CT molecular complexity index is 1070. The predicted octanol–water partition coefficient (Wildman–Crippen LogP) is 3.62. The second kappa shape index (κ2) is 8.93. The molecule has 0 aliphatic heterocycles. The highest BCUT2D eigenvalue weighted by Crippen LogP contribution is 2.24. The maximum absolute atomic E-state index is 12.5. The van der Waals surface area contributed by atoms with Crippen molar-refractivity contribution in [3.8, 4) is 11.6 Å². The van der Waals surface area contributed by atoms with Crippen molar-refractivity contribution in [3.05, 3.63) is 92.6 Å². The lowest BCUT2D eigenvalue weighted by Crippen LogP contribution is -2.41. The molecule has 2 N–H and O–H groups in total. The molecular weight excluding hydrogens is 444 g/mol. The van der Waals surface area contributed by atoms with Crippen molar-refractivity contribution in [1.29, 1.82) is 0 Å². The Labute approximate surface area is 173 Å². The van der Waals surface area contributed by atoms with Crippen molar-refractivity contribution in [1.82, 2.24) is 15.8 Å². The number of non-ortho nitro benzene ring substituents is 1. The molecule has 2 aromatic carbocycles. The molecule has 1 aromatic heterocycles. The van der Waals surface area contributed by atoms with Crippen molar-refractivity contribution in [2.45, 2.75) is 0 Å². The molecule has 0 aliphatic carbocycles. The zero-order chi connectivity index (χ0) is 20.8. The topological polar surface area (TPSA) is 123 Å². The summed E-state index contributed by atoms with van der Waals surface area (Å²) in [6, 6.07) is 15.1. The average molecular weight is 457 g/mol. The van der Waals surface area contributed by atoms with Crippen LogP contribution in [0.3, 0.4) is 0 Å². The van der Waals surface area contributed by atoms with Gasteiger partial charge in [-0.15, -0.1) is 0 Å². The van der Waals surface area contributed by atoms with E-state index in [1.165, 1.54) is 30.5 Å².